The van der Waals surface area contributed by atoms with Crippen LogP contribution in [0.5, 0.6) is 0 Å². The Labute approximate surface area is 247 Å². The summed E-state index contributed by atoms with van der Waals surface area (Å²) in [7, 11) is 0. The van der Waals surface area contributed by atoms with E-state index in [-0.39, 0.29) is 18.5 Å². The minimum absolute atomic E-state index is 0.132. The lowest BCUT2D eigenvalue weighted by molar-refractivity contribution is -0.137. The lowest BCUT2D eigenvalue weighted by Crippen LogP contribution is -2.40. The van der Waals surface area contributed by atoms with Crippen LogP contribution in [0.2, 0.25) is 5.02 Å². The molecule has 1 saturated heterocycles. The predicted octanol–water partition coefficient (Wildman–Crippen LogP) is 6.67. The highest BCUT2D eigenvalue weighted by Crippen LogP contribution is 2.35. The van der Waals surface area contributed by atoms with E-state index in [4.69, 9.17) is 21.6 Å². The van der Waals surface area contributed by atoms with Gasteiger partial charge in [0.05, 0.1) is 17.3 Å². The van der Waals surface area contributed by atoms with Crippen molar-refractivity contribution in [3.63, 3.8) is 0 Å². The number of nitrogens with zero attached hydrogens (tertiary/aromatic N) is 4. The normalized spacial score (nSPS) is 17.5. The molecule has 0 spiro atoms. The highest BCUT2D eigenvalue weighted by molar-refractivity contribution is 6.30. The molecule has 8 heteroatoms. The first-order valence-corrected chi connectivity index (χ1v) is 15.2. The van der Waals surface area contributed by atoms with Gasteiger partial charge in [0.2, 0.25) is 5.95 Å². The van der Waals surface area contributed by atoms with Crippen molar-refractivity contribution in [3.8, 4) is 0 Å². The summed E-state index contributed by atoms with van der Waals surface area (Å²) >= 11 is 6.14. The number of carboxylic acids is 1. The molecule has 1 aliphatic heterocycles. The molecule has 7 nitrogen and oxygen atoms in total. The fraction of sp³-hybridized carbons (Fsp3) is 0.455. The van der Waals surface area contributed by atoms with E-state index in [1.807, 2.05) is 24.3 Å². The number of halogens is 1. The van der Waals surface area contributed by atoms with Crippen molar-refractivity contribution in [2.75, 3.05) is 24.5 Å². The highest BCUT2D eigenvalue weighted by Gasteiger charge is 2.31. The van der Waals surface area contributed by atoms with E-state index in [1.54, 1.807) is 6.20 Å². The van der Waals surface area contributed by atoms with E-state index in [1.165, 1.54) is 22.4 Å². The molecule has 1 atom stereocenters. The monoisotopic (exact) mass is 574 g/mol. The fourth-order valence-corrected chi connectivity index (χ4v) is 6.46. The topological polar surface area (TPSA) is 86.6 Å². The Hall–Kier alpha value is -3.45. The molecular formula is C33H39ClN4O3. The second-order valence-electron chi connectivity index (χ2n) is 11.4. The molecule has 2 heterocycles. The van der Waals surface area contributed by atoms with E-state index in [0.29, 0.717) is 41.1 Å². The van der Waals surface area contributed by atoms with Crippen LogP contribution >= 0.6 is 11.6 Å². The lowest BCUT2D eigenvalue weighted by atomic mass is 9.89. The minimum atomic E-state index is -1.00. The van der Waals surface area contributed by atoms with Gasteiger partial charge in [0.15, 0.2) is 0 Å². The van der Waals surface area contributed by atoms with E-state index in [2.05, 4.69) is 36.1 Å². The first kappa shape index (κ1) is 29.1. The largest absolute Gasteiger partial charge is 0.480 e. The standard InChI is InChI=1S/C33H39ClN4O3/c1-23-8-5-6-11-25(23)15-18-29-28(32(41)37(22-31(39)40)21-24-9-3-2-4-10-24)20-35-33(36-29)38-19-7-12-30(38)26-13-16-27(34)17-14-26/h5-6,8,11,13-14,16-17,20,24,30H,2-4,7,9-10,12,15,18-19,21-22H2,1H3,(H,39,40). The molecule has 2 aromatic carbocycles. The minimum Gasteiger partial charge on any atom is -0.480 e. The maximum atomic E-state index is 14.0. The number of anilines is 1. The van der Waals surface area contributed by atoms with Crippen LogP contribution in [-0.2, 0) is 17.6 Å². The van der Waals surface area contributed by atoms with E-state index < -0.39 is 5.97 Å². The number of carbonyl (C=O) groups is 2. The van der Waals surface area contributed by atoms with Crippen molar-refractivity contribution in [2.45, 2.75) is 70.8 Å². The van der Waals surface area contributed by atoms with Crippen molar-refractivity contribution >= 4 is 29.4 Å². The van der Waals surface area contributed by atoms with Crippen LogP contribution < -0.4 is 4.90 Å². The summed E-state index contributed by atoms with van der Waals surface area (Å²) in [4.78, 5) is 39.2. The van der Waals surface area contributed by atoms with Crippen LogP contribution in [0.3, 0.4) is 0 Å². The molecule has 0 radical (unpaired) electrons. The van der Waals surface area contributed by atoms with Gasteiger partial charge in [-0.25, -0.2) is 9.97 Å². The zero-order chi connectivity index (χ0) is 28.8. The molecule has 1 saturated carbocycles. The average Bonchev–Trinajstić information content (AvgIpc) is 3.47. The van der Waals surface area contributed by atoms with Crippen LogP contribution in [0, 0.1) is 12.8 Å². The van der Waals surface area contributed by atoms with E-state index in [0.717, 1.165) is 57.1 Å². The number of hydrogen-bond acceptors (Lipinski definition) is 5. The molecule has 1 aliphatic carbocycles. The zero-order valence-electron chi connectivity index (χ0n) is 23.8. The molecule has 1 aromatic heterocycles. The summed E-state index contributed by atoms with van der Waals surface area (Å²) in [5.41, 5.74) is 4.64. The summed E-state index contributed by atoms with van der Waals surface area (Å²) in [5.74, 6) is -0.362. The predicted molar refractivity (Wildman–Crippen MR) is 162 cm³/mol. The molecule has 1 unspecified atom stereocenters. The lowest BCUT2D eigenvalue weighted by Gasteiger charge is -2.30. The second kappa shape index (κ2) is 13.5. The molecule has 41 heavy (non-hydrogen) atoms. The van der Waals surface area contributed by atoms with Gasteiger partial charge in [0.1, 0.15) is 6.54 Å². The Balaban J connectivity index is 1.46. The molecule has 1 N–H and O–H groups in total. The number of aliphatic carboxylic acids is 1. The van der Waals surface area contributed by atoms with Gasteiger partial charge in [-0.15, -0.1) is 0 Å². The molecule has 1 amide bonds. The SMILES string of the molecule is Cc1ccccc1CCc1nc(N2CCCC2c2ccc(Cl)cc2)ncc1C(=O)N(CC(=O)O)CC1CCCCC1. The van der Waals surface area contributed by atoms with Crippen LogP contribution in [0.1, 0.15) is 83.7 Å². The van der Waals surface area contributed by atoms with Gasteiger partial charge in [-0.3, -0.25) is 9.59 Å². The van der Waals surface area contributed by atoms with Crippen molar-refractivity contribution in [3.05, 3.63) is 87.7 Å². The second-order valence-corrected chi connectivity index (χ2v) is 11.9. The van der Waals surface area contributed by atoms with Gasteiger partial charge in [-0.2, -0.15) is 0 Å². The fourth-order valence-electron chi connectivity index (χ4n) is 6.33. The third-order valence-electron chi connectivity index (χ3n) is 8.56. The van der Waals surface area contributed by atoms with E-state index in [9.17, 15) is 14.7 Å². The van der Waals surface area contributed by atoms with Gasteiger partial charge >= 0.3 is 5.97 Å². The van der Waals surface area contributed by atoms with Gasteiger partial charge in [0, 0.05) is 24.3 Å². The van der Waals surface area contributed by atoms with Gasteiger partial charge < -0.3 is 14.9 Å². The van der Waals surface area contributed by atoms with Crippen molar-refractivity contribution < 1.29 is 14.7 Å². The summed E-state index contributed by atoms with van der Waals surface area (Å²) in [6.45, 7) is 3.05. The zero-order valence-corrected chi connectivity index (χ0v) is 24.5. The van der Waals surface area contributed by atoms with Gasteiger partial charge in [-0.05, 0) is 80.2 Å². The molecule has 2 fully saturated rings. The Kier molecular flexibility index (Phi) is 9.55. The molecule has 216 valence electrons. The number of rotatable bonds is 10. The molecule has 3 aromatic rings. The van der Waals surface area contributed by atoms with Crippen molar-refractivity contribution in [2.24, 2.45) is 5.92 Å². The van der Waals surface area contributed by atoms with Crippen molar-refractivity contribution in [1.82, 2.24) is 14.9 Å². The molecule has 5 rings (SSSR count). The van der Waals surface area contributed by atoms with E-state index >= 15 is 0 Å². The quantitative estimate of drug-likeness (QED) is 0.291. The summed E-state index contributed by atoms with van der Waals surface area (Å²) in [6.07, 6.45) is 10.4. The molecule has 0 bridgehead atoms. The Morgan fingerprint density at radius 2 is 1.76 bits per heavy atom. The smallest absolute Gasteiger partial charge is 0.323 e. The first-order valence-electron chi connectivity index (χ1n) is 14.8. The number of carboxylic acid groups (broad SMARTS) is 1. The molecule has 2 aliphatic rings. The summed E-state index contributed by atoms with van der Waals surface area (Å²) in [5, 5.41) is 10.4. The third-order valence-corrected chi connectivity index (χ3v) is 8.81. The van der Waals surface area contributed by atoms with Crippen molar-refractivity contribution in [1.29, 1.82) is 0 Å². The number of hydrogen-bond donors (Lipinski definition) is 1. The van der Waals surface area contributed by atoms with Crippen LogP contribution in [0.25, 0.3) is 0 Å². The number of benzene rings is 2. The summed E-state index contributed by atoms with van der Waals surface area (Å²) in [6, 6.07) is 16.3. The maximum Gasteiger partial charge on any atom is 0.323 e. The Morgan fingerprint density at radius 1 is 1.00 bits per heavy atom. The number of carbonyl (C=O) groups excluding carboxylic acids is 1. The third kappa shape index (κ3) is 7.25. The Bertz CT molecular complexity index is 1360. The van der Waals surface area contributed by atoms with Gasteiger partial charge in [0.25, 0.3) is 5.91 Å². The Morgan fingerprint density at radius 3 is 2.49 bits per heavy atom. The molecular weight excluding hydrogens is 536 g/mol. The van der Waals surface area contributed by atoms with Crippen LogP contribution in [-0.4, -0.2) is 51.5 Å². The van der Waals surface area contributed by atoms with Gasteiger partial charge in [-0.1, -0.05) is 67.3 Å². The number of amides is 1. The first-order chi connectivity index (χ1) is 19.9. The number of aromatic nitrogens is 2. The maximum absolute atomic E-state index is 14.0. The highest BCUT2D eigenvalue weighted by atomic mass is 35.5. The number of aryl methyl sites for hydroxylation is 3. The van der Waals surface area contributed by atoms with Crippen LogP contribution in [0.15, 0.2) is 54.7 Å². The van der Waals surface area contributed by atoms with Crippen LogP contribution in [0.4, 0.5) is 5.95 Å². The summed E-state index contributed by atoms with van der Waals surface area (Å²) < 4.78 is 0. The average molecular weight is 575 g/mol.